The van der Waals surface area contributed by atoms with E-state index in [1.807, 2.05) is 0 Å². The smallest absolute Gasteiger partial charge is 0.150 e. The van der Waals surface area contributed by atoms with Crippen molar-refractivity contribution >= 4 is 22.9 Å². The molecule has 98 valence electrons. The van der Waals surface area contributed by atoms with Gasteiger partial charge in [0.05, 0.1) is 0 Å². The van der Waals surface area contributed by atoms with Crippen LogP contribution in [0.5, 0.6) is 0 Å². The third kappa shape index (κ3) is 2.61. The summed E-state index contributed by atoms with van der Waals surface area (Å²) in [6, 6.07) is 2.32. The molecule has 0 spiro atoms. The zero-order valence-corrected chi connectivity index (χ0v) is 11.2. The van der Waals surface area contributed by atoms with E-state index in [0.29, 0.717) is 12.5 Å². The molecule has 18 heavy (non-hydrogen) atoms. The molecule has 2 rings (SSSR count). The van der Waals surface area contributed by atoms with E-state index in [2.05, 4.69) is 19.2 Å². The second-order valence-corrected chi connectivity index (χ2v) is 5.89. The quantitative estimate of drug-likeness (QED) is 0.826. The zero-order valence-electron chi connectivity index (χ0n) is 10.4. The highest BCUT2D eigenvalue weighted by Crippen LogP contribution is 2.51. The van der Waals surface area contributed by atoms with Crippen molar-refractivity contribution < 1.29 is 8.78 Å². The van der Waals surface area contributed by atoms with Crippen LogP contribution in [0.1, 0.15) is 25.8 Å². The maximum atomic E-state index is 13.7. The molecule has 0 heterocycles. The lowest BCUT2D eigenvalue weighted by Crippen LogP contribution is -2.13. The fourth-order valence-corrected chi connectivity index (χ4v) is 2.15. The fourth-order valence-electron chi connectivity index (χ4n) is 2.03. The van der Waals surface area contributed by atoms with E-state index in [-0.39, 0.29) is 21.7 Å². The number of hydrogen-bond acceptors (Lipinski definition) is 2. The van der Waals surface area contributed by atoms with E-state index in [4.69, 9.17) is 18.0 Å². The molecule has 0 bridgehead atoms. The summed E-state index contributed by atoms with van der Waals surface area (Å²) in [5.74, 6) is -0.848. The number of thiocarbonyl (C=S) groups is 1. The standard InChI is InChI=1S/C13H16F2N2S/c1-13(2)5-8(13)6-17-11-9(14)3-7(12(16)18)4-10(11)15/h3-4,8,17H,5-6H2,1-2H3,(H2,16,18). The third-order valence-electron chi connectivity index (χ3n) is 3.57. The lowest BCUT2D eigenvalue weighted by atomic mass is 10.1. The van der Waals surface area contributed by atoms with Crippen LogP contribution in [0, 0.1) is 23.0 Å². The normalized spacial score (nSPS) is 20.6. The molecule has 1 unspecified atom stereocenters. The van der Waals surface area contributed by atoms with Crippen molar-refractivity contribution in [3.8, 4) is 0 Å². The number of hydrogen-bond donors (Lipinski definition) is 2. The second-order valence-electron chi connectivity index (χ2n) is 5.45. The van der Waals surface area contributed by atoms with E-state index in [0.717, 1.165) is 18.6 Å². The Bertz CT molecular complexity index is 477. The zero-order chi connectivity index (χ0) is 13.5. The highest BCUT2D eigenvalue weighted by atomic mass is 32.1. The van der Waals surface area contributed by atoms with Gasteiger partial charge in [-0.25, -0.2) is 8.78 Å². The van der Waals surface area contributed by atoms with Gasteiger partial charge in [0.25, 0.3) is 0 Å². The Morgan fingerprint density at radius 3 is 2.33 bits per heavy atom. The Balaban J connectivity index is 2.11. The highest BCUT2D eigenvalue weighted by Gasteiger charge is 2.45. The molecule has 0 aliphatic heterocycles. The first-order valence-corrected chi connectivity index (χ1v) is 6.25. The van der Waals surface area contributed by atoms with Gasteiger partial charge >= 0.3 is 0 Å². The van der Waals surface area contributed by atoms with Crippen molar-refractivity contribution in [2.75, 3.05) is 11.9 Å². The van der Waals surface area contributed by atoms with Crippen molar-refractivity contribution in [2.24, 2.45) is 17.1 Å². The van der Waals surface area contributed by atoms with Gasteiger partial charge in [-0.2, -0.15) is 0 Å². The molecule has 1 fully saturated rings. The third-order valence-corrected chi connectivity index (χ3v) is 3.81. The first-order chi connectivity index (χ1) is 8.31. The van der Waals surface area contributed by atoms with E-state index in [1.54, 1.807) is 0 Å². The van der Waals surface area contributed by atoms with Gasteiger partial charge in [0.1, 0.15) is 22.3 Å². The summed E-state index contributed by atoms with van der Waals surface area (Å²) in [6.45, 7) is 4.86. The van der Waals surface area contributed by atoms with Crippen LogP contribution in [0.3, 0.4) is 0 Å². The van der Waals surface area contributed by atoms with Gasteiger partial charge in [0.2, 0.25) is 0 Å². The molecule has 1 aromatic carbocycles. The monoisotopic (exact) mass is 270 g/mol. The summed E-state index contributed by atoms with van der Waals surface area (Å²) in [5.41, 5.74) is 5.73. The Morgan fingerprint density at radius 1 is 1.44 bits per heavy atom. The fraction of sp³-hybridized carbons (Fsp3) is 0.462. The van der Waals surface area contributed by atoms with Gasteiger partial charge in [0.15, 0.2) is 0 Å². The summed E-state index contributed by atoms with van der Waals surface area (Å²) < 4.78 is 27.4. The number of nitrogens with two attached hydrogens (primary N) is 1. The van der Waals surface area contributed by atoms with Crippen molar-refractivity contribution in [3.05, 3.63) is 29.3 Å². The number of nitrogens with one attached hydrogen (secondary N) is 1. The Labute approximate surface area is 111 Å². The average molecular weight is 270 g/mol. The van der Waals surface area contributed by atoms with Crippen molar-refractivity contribution in [2.45, 2.75) is 20.3 Å². The lowest BCUT2D eigenvalue weighted by molar-refractivity contribution is 0.562. The number of benzene rings is 1. The maximum Gasteiger partial charge on any atom is 0.150 e. The van der Waals surface area contributed by atoms with Crippen molar-refractivity contribution in [1.29, 1.82) is 0 Å². The van der Waals surface area contributed by atoms with Crippen molar-refractivity contribution in [3.63, 3.8) is 0 Å². The first kappa shape index (κ1) is 13.2. The van der Waals surface area contributed by atoms with E-state index in [1.165, 1.54) is 0 Å². The van der Waals surface area contributed by atoms with E-state index >= 15 is 0 Å². The van der Waals surface area contributed by atoms with Gasteiger partial charge in [-0.3, -0.25) is 0 Å². The van der Waals surface area contributed by atoms with Gasteiger partial charge < -0.3 is 11.1 Å². The summed E-state index contributed by atoms with van der Waals surface area (Å²) in [6.07, 6.45) is 1.08. The second kappa shape index (κ2) is 4.46. The molecule has 1 atom stereocenters. The van der Waals surface area contributed by atoms with Crippen LogP contribution >= 0.6 is 12.2 Å². The predicted octanol–water partition coefficient (Wildman–Crippen LogP) is 3.06. The number of rotatable bonds is 4. The Morgan fingerprint density at radius 2 is 1.94 bits per heavy atom. The van der Waals surface area contributed by atoms with Gasteiger partial charge in [-0.05, 0) is 29.9 Å². The van der Waals surface area contributed by atoms with Crippen LogP contribution in [-0.4, -0.2) is 11.5 Å². The average Bonchev–Trinajstić information content (AvgIpc) is 2.84. The number of halogens is 2. The Kier molecular flexibility index (Phi) is 3.27. The summed E-state index contributed by atoms with van der Waals surface area (Å²) >= 11 is 4.69. The molecule has 1 aliphatic rings. The summed E-state index contributed by atoms with van der Waals surface area (Å²) in [5, 5.41) is 2.83. The molecular weight excluding hydrogens is 254 g/mol. The molecule has 0 amide bonds. The van der Waals surface area contributed by atoms with Crippen LogP contribution in [0.25, 0.3) is 0 Å². The topological polar surface area (TPSA) is 38.0 Å². The lowest BCUT2D eigenvalue weighted by Gasteiger charge is -2.11. The minimum atomic E-state index is -0.656. The van der Waals surface area contributed by atoms with Crippen LogP contribution < -0.4 is 11.1 Å². The molecule has 1 aromatic rings. The SMILES string of the molecule is CC1(C)CC1CNc1c(F)cc(C(N)=S)cc1F. The van der Waals surface area contributed by atoms with Crippen LogP contribution in [0.15, 0.2) is 12.1 Å². The highest BCUT2D eigenvalue weighted by molar-refractivity contribution is 7.80. The van der Waals surface area contributed by atoms with Gasteiger partial charge in [-0.1, -0.05) is 26.1 Å². The minimum Gasteiger partial charge on any atom is -0.389 e. The molecule has 1 aliphatic carbocycles. The molecule has 2 nitrogen and oxygen atoms in total. The molecule has 0 aromatic heterocycles. The molecule has 3 N–H and O–H groups in total. The molecule has 1 saturated carbocycles. The van der Waals surface area contributed by atoms with Gasteiger partial charge in [-0.15, -0.1) is 0 Å². The predicted molar refractivity (Wildman–Crippen MR) is 72.6 cm³/mol. The van der Waals surface area contributed by atoms with E-state index < -0.39 is 11.6 Å². The molecule has 0 radical (unpaired) electrons. The van der Waals surface area contributed by atoms with E-state index in [9.17, 15) is 8.78 Å². The summed E-state index contributed by atoms with van der Waals surface area (Å²) in [4.78, 5) is -0.0114. The molecule has 0 saturated heterocycles. The maximum absolute atomic E-state index is 13.7. The number of anilines is 1. The van der Waals surface area contributed by atoms with Crippen LogP contribution in [0.4, 0.5) is 14.5 Å². The molecule has 5 heteroatoms. The summed E-state index contributed by atoms with van der Waals surface area (Å²) in [7, 11) is 0. The van der Waals surface area contributed by atoms with Crippen LogP contribution in [-0.2, 0) is 0 Å². The minimum absolute atomic E-state index is 0.0114. The van der Waals surface area contributed by atoms with Crippen molar-refractivity contribution in [1.82, 2.24) is 0 Å². The molecular formula is C13H16F2N2S. The van der Waals surface area contributed by atoms with Crippen LogP contribution in [0.2, 0.25) is 0 Å². The Hall–Kier alpha value is -1.23. The van der Waals surface area contributed by atoms with Gasteiger partial charge in [0, 0.05) is 12.1 Å². The first-order valence-electron chi connectivity index (χ1n) is 5.84. The largest absolute Gasteiger partial charge is 0.389 e.